The first-order valence-electron chi connectivity index (χ1n) is 10.6. The summed E-state index contributed by atoms with van der Waals surface area (Å²) in [5.41, 5.74) is 1.69. The van der Waals surface area contributed by atoms with E-state index in [0.29, 0.717) is 28.6 Å². The van der Waals surface area contributed by atoms with Gasteiger partial charge >= 0.3 is 0 Å². The molecule has 160 valence electrons. The molecule has 30 heavy (non-hydrogen) atoms. The normalized spacial score (nSPS) is 15.0. The molecule has 0 aromatic heterocycles. The van der Waals surface area contributed by atoms with E-state index in [1.54, 1.807) is 23.1 Å². The molecule has 1 N–H and O–H groups in total. The molecule has 2 aromatic carbocycles. The van der Waals surface area contributed by atoms with E-state index in [1.165, 1.54) is 0 Å². The van der Waals surface area contributed by atoms with Crippen molar-refractivity contribution in [2.45, 2.75) is 64.1 Å². The third-order valence-corrected chi connectivity index (χ3v) is 6.23. The minimum absolute atomic E-state index is 0.0733. The molecule has 3 rings (SSSR count). The number of nitrogens with zero attached hydrogens (tertiary/aromatic N) is 1. The molecular formula is C24H28Cl2N2O2. The summed E-state index contributed by atoms with van der Waals surface area (Å²) in [4.78, 5) is 28.1. The molecule has 0 spiro atoms. The number of carbonyl (C=O) groups is 2. The number of amides is 2. The molecule has 1 atom stereocenters. The maximum atomic E-state index is 13.4. The van der Waals surface area contributed by atoms with Crippen LogP contribution in [0, 0.1) is 0 Å². The lowest BCUT2D eigenvalue weighted by Gasteiger charge is -2.31. The summed E-state index contributed by atoms with van der Waals surface area (Å²) in [6.07, 6.45) is 4.97. The van der Waals surface area contributed by atoms with Gasteiger partial charge in [-0.1, -0.05) is 79.4 Å². The van der Waals surface area contributed by atoms with E-state index in [0.717, 1.165) is 31.2 Å². The topological polar surface area (TPSA) is 49.4 Å². The van der Waals surface area contributed by atoms with Crippen molar-refractivity contribution in [1.82, 2.24) is 10.2 Å². The summed E-state index contributed by atoms with van der Waals surface area (Å²) in [7, 11) is 0. The minimum atomic E-state index is -0.524. The highest BCUT2D eigenvalue weighted by Gasteiger charge is 2.30. The Kier molecular flexibility index (Phi) is 8.17. The average molecular weight is 447 g/mol. The summed E-state index contributed by atoms with van der Waals surface area (Å²) < 4.78 is 0. The third kappa shape index (κ3) is 5.99. The molecule has 6 heteroatoms. The smallest absolute Gasteiger partial charge is 0.243 e. The number of benzene rings is 2. The number of carbonyl (C=O) groups excluding carboxylic acids is 2. The molecular weight excluding hydrogens is 419 g/mol. The maximum absolute atomic E-state index is 13.4. The van der Waals surface area contributed by atoms with Crippen LogP contribution in [0.5, 0.6) is 0 Å². The highest BCUT2D eigenvalue weighted by atomic mass is 35.5. The van der Waals surface area contributed by atoms with E-state index in [2.05, 4.69) is 5.32 Å². The van der Waals surface area contributed by atoms with Gasteiger partial charge in [-0.05, 0) is 42.5 Å². The van der Waals surface area contributed by atoms with Crippen LogP contribution >= 0.6 is 23.2 Å². The molecule has 1 fully saturated rings. The summed E-state index contributed by atoms with van der Waals surface area (Å²) in [5.74, 6) is -0.201. The molecule has 0 radical (unpaired) electrons. The first kappa shape index (κ1) is 22.6. The quantitative estimate of drug-likeness (QED) is 0.589. The van der Waals surface area contributed by atoms with Crippen LogP contribution in [0.15, 0.2) is 48.5 Å². The predicted octanol–water partition coefficient (Wildman–Crippen LogP) is 5.40. The summed E-state index contributed by atoms with van der Waals surface area (Å²) >= 11 is 12.3. The molecule has 2 aromatic rings. The third-order valence-electron chi connectivity index (χ3n) is 5.64. The lowest BCUT2D eigenvalue weighted by molar-refractivity contribution is -0.141. The Bertz CT molecular complexity index is 867. The Hall–Kier alpha value is -2.04. The molecule has 4 nitrogen and oxygen atoms in total. The van der Waals surface area contributed by atoms with Gasteiger partial charge in [0, 0.05) is 22.6 Å². The van der Waals surface area contributed by atoms with E-state index in [9.17, 15) is 9.59 Å². The van der Waals surface area contributed by atoms with Crippen molar-refractivity contribution in [3.63, 3.8) is 0 Å². The number of halogens is 2. The van der Waals surface area contributed by atoms with Gasteiger partial charge in [0.15, 0.2) is 0 Å². The van der Waals surface area contributed by atoms with Crippen molar-refractivity contribution in [3.05, 3.63) is 69.7 Å². The average Bonchev–Trinajstić information content (AvgIpc) is 3.23. The van der Waals surface area contributed by atoms with Gasteiger partial charge < -0.3 is 10.2 Å². The first-order valence-corrected chi connectivity index (χ1v) is 11.3. The Labute approximate surface area is 188 Å². The van der Waals surface area contributed by atoms with Crippen LogP contribution in [0.2, 0.25) is 10.0 Å². The fourth-order valence-corrected chi connectivity index (χ4v) is 4.47. The van der Waals surface area contributed by atoms with Crippen LogP contribution in [0.3, 0.4) is 0 Å². The molecule has 1 unspecified atom stereocenters. The van der Waals surface area contributed by atoms with Crippen LogP contribution < -0.4 is 5.32 Å². The van der Waals surface area contributed by atoms with Gasteiger partial charge in [0.2, 0.25) is 11.8 Å². The second-order valence-electron chi connectivity index (χ2n) is 7.83. The van der Waals surface area contributed by atoms with Crippen molar-refractivity contribution >= 4 is 35.0 Å². The van der Waals surface area contributed by atoms with Crippen LogP contribution in [0.4, 0.5) is 0 Å². The van der Waals surface area contributed by atoms with Gasteiger partial charge in [0.05, 0.1) is 6.42 Å². The SMILES string of the molecule is CCC(C(=O)NC1CCCC1)N(Cc1ccccc1)C(=O)Cc1ccc(Cl)cc1Cl. The first-order chi connectivity index (χ1) is 14.5. The largest absolute Gasteiger partial charge is 0.352 e. The van der Waals surface area contributed by atoms with Gasteiger partial charge in [-0.25, -0.2) is 0 Å². The fourth-order valence-electron chi connectivity index (χ4n) is 4.00. The van der Waals surface area contributed by atoms with Crippen molar-refractivity contribution in [1.29, 1.82) is 0 Å². The summed E-state index contributed by atoms with van der Waals surface area (Å²) in [6.45, 7) is 2.32. The standard InChI is InChI=1S/C24H28Cl2N2O2/c1-2-22(24(30)27-20-10-6-7-11-20)28(16-17-8-4-3-5-9-17)23(29)14-18-12-13-19(25)15-21(18)26/h3-5,8-9,12-13,15,20,22H,2,6-7,10-11,14,16H2,1H3,(H,27,30). The molecule has 0 aliphatic heterocycles. The van der Waals surface area contributed by atoms with Gasteiger partial charge in [-0.3, -0.25) is 9.59 Å². The van der Waals surface area contributed by atoms with Crippen LogP contribution in [-0.4, -0.2) is 28.8 Å². The highest BCUT2D eigenvalue weighted by Crippen LogP contribution is 2.23. The second kappa shape index (κ2) is 10.8. The van der Waals surface area contributed by atoms with Crippen molar-refractivity contribution in [2.24, 2.45) is 0 Å². The van der Waals surface area contributed by atoms with Gasteiger partial charge in [0.25, 0.3) is 0 Å². The van der Waals surface area contributed by atoms with Gasteiger partial charge in [0.1, 0.15) is 6.04 Å². The number of rotatable bonds is 8. The molecule has 0 saturated heterocycles. The number of hydrogen-bond donors (Lipinski definition) is 1. The molecule has 2 amide bonds. The minimum Gasteiger partial charge on any atom is -0.352 e. The maximum Gasteiger partial charge on any atom is 0.243 e. The fraction of sp³-hybridized carbons (Fsp3) is 0.417. The zero-order chi connectivity index (χ0) is 21.5. The van der Waals surface area contributed by atoms with Gasteiger partial charge in [-0.2, -0.15) is 0 Å². The van der Waals surface area contributed by atoms with E-state index in [1.807, 2.05) is 37.3 Å². The summed E-state index contributed by atoms with van der Waals surface area (Å²) in [6, 6.07) is 14.6. The Morgan fingerprint density at radius 3 is 2.43 bits per heavy atom. The molecule has 1 aliphatic carbocycles. The zero-order valence-corrected chi connectivity index (χ0v) is 18.8. The van der Waals surface area contributed by atoms with Gasteiger partial charge in [-0.15, -0.1) is 0 Å². The predicted molar refractivity (Wildman–Crippen MR) is 122 cm³/mol. The number of hydrogen-bond acceptors (Lipinski definition) is 2. The van der Waals surface area contributed by atoms with E-state index < -0.39 is 6.04 Å². The zero-order valence-electron chi connectivity index (χ0n) is 17.2. The van der Waals surface area contributed by atoms with Crippen LogP contribution in [0.1, 0.15) is 50.2 Å². The highest BCUT2D eigenvalue weighted by molar-refractivity contribution is 6.35. The molecule has 1 aliphatic rings. The molecule has 0 heterocycles. The lowest BCUT2D eigenvalue weighted by Crippen LogP contribution is -2.51. The van der Waals surface area contributed by atoms with E-state index in [-0.39, 0.29) is 24.3 Å². The van der Waals surface area contributed by atoms with Crippen molar-refractivity contribution in [3.8, 4) is 0 Å². The lowest BCUT2D eigenvalue weighted by atomic mass is 10.1. The monoisotopic (exact) mass is 446 g/mol. The Morgan fingerprint density at radius 2 is 1.80 bits per heavy atom. The van der Waals surface area contributed by atoms with Crippen molar-refractivity contribution < 1.29 is 9.59 Å². The molecule has 0 bridgehead atoms. The van der Waals surface area contributed by atoms with Crippen LogP contribution in [-0.2, 0) is 22.6 Å². The number of nitrogens with one attached hydrogen (secondary N) is 1. The van der Waals surface area contributed by atoms with E-state index >= 15 is 0 Å². The van der Waals surface area contributed by atoms with E-state index in [4.69, 9.17) is 23.2 Å². The Balaban J connectivity index is 1.81. The van der Waals surface area contributed by atoms with Crippen molar-refractivity contribution in [2.75, 3.05) is 0 Å². The second-order valence-corrected chi connectivity index (χ2v) is 8.68. The summed E-state index contributed by atoms with van der Waals surface area (Å²) in [5, 5.41) is 4.14. The Morgan fingerprint density at radius 1 is 1.10 bits per heavy atom. The van der Waals surface area contributed by atoms with Crippen LogP contribution in [0.25, 0.3) is 0 Å². The molecule has 1 saturated carbocycles.